The fourth-order valence-corrected chi connectivity index (χ4v) is 6.44. The molecular formula is C31H36Cl3N3O4S. The first-order chi connectivity index (χ1) is 19.9. The molecule has 1 N–H and O–H groups in total. The number of nitrogens with one attached hydrogen (secondary N) is 1. The van der Waals surface area contributed by atoms with E-state index >= 15 is 0 Å². The number of rotatable bonds is 13. The number of hydrogen-bond acceptors (Lipinski definition) is 4. The van der Waals surface area contributed by atoms with Crippen LogP contribution in [0.15, 0.2) is 65.6 Å². The number of benzene rings is 3. The van der Waals surface area contributed by atoms with Crippen LogP contribution < -0.4 is 9.62 Å². The number of unbranched alkanes of at least 4 members (excludes halogenated alkanes) is 1. The molecule has 0 heterocycles. The number of amides is 2. The molecule has 0 bridgehead atoms. The minimum absolute atomic E-state index is 0.0162. The summed E-state index contributed by atoms with van der Waals surface area (Å²) < 4.78 is 29.2. The average molecular weight is 653 g/mol. The van der Waals surface area contributed by atoms with Crippen molar-refractivity contribution in [1.82, 2.24) is 10.2 Å². The summed E-state index contributed by atoms with van der Waals surface area (Å²) >= 11 is 18.8. The maximum Gasteiger partial charge on any atom is 0.264 e. The number of nitrogens with zero attached hydrogens (tertiary/aromatic N) is 2. The van der Waals surface area contributed by atoms with Gasteiger partial charge in [-0.05, 0) is 74.2 Å². The third kappa shape index (κ3) is 8.19. The van der Waals surface area contributed by atoms with Gasteiger partial charge in [-0.25, -0.2) is 8.42 Å². The van der Waals surface area contributed by atoms with Crippen LogP contribution in [0.3, 0.4) is 0 Å². The van der Waals surface area contributed by atoms with Gasteiger partial charge in [0.05, 0.1) is 20.6 Å². The SMILES string of the molecule is CCCCNC(=O)[C@@H](CC)N(Cc1ccc(Cl)c(Cl)c1)C(=O)CN(c1cccc(Cl)c1C)S(=O)(=O)c1ccc(C)cc1. The van der Waals surface area contributed by atoms with Crippen molar-refractivity contribution in [3.63, 3.8) is 0 Å². The van der Waals surface area contributed by atoms with E-state index in [2.05, 4.69) is 5.32 Å². The Morgan fingerprint density at radius 2 is 1.60 bits per heavy atom. The lowest BCUT2D eigenvalue weighted by atomic mass is 10.1. The summed E-state index contributed by atoms with van der Waals surface area (Å²) in [5, 5.41) is 3.93. The molecule has 42 heavy (non-hydrogen) atoms. The van der Waals surface area contributed by atoms with Crippen LogP contribution in [0.25, 0.3) is 0 Å². The van der Waals surface area contributed by atoms with E-state index in [9.17, 15) is 18.0 Å². The van der Waals surface area contributed by atoms with Gasteiger partial charge in [0.2, 0.25) is 11.8 Å². The van der Waals surface area contributed by atoms with Gasteiger partial charge in [0.1, 0.15) is 12.6 Å². The average Bonchev–Trinajstić information content (AvgIpc) is 2.95. The second kappa shape index (κ2) is 15.1. The van der Waals surface area contributed by atoms with Crippen LogP contribution in [0.2, 0.25) is 15.1 Å². The van der Waals surface area contributed by atoms with E-state index in [0.29, 0.717) is 39.2 Å². The molecule has 0 aliphatic carbocycles. The van der Waals surface area contributed by atoms with E-state index < -0.39 is 28.5 Å². The van der Waals surface area contributed by atoms with Gasteiger partial charge in [0.15, 0.2) is 0 Å². The van der Waals surface area contributed by atoms with Gasteiger partial charge in [0.25, 0.3) is 10.0 Å². The zero-order valence-corrected chi connectivity index (χ0v) is 27.2. The Hall–Kier alpha value is -2.78. The van der Waals surface area contributed by atoms with E-state index in [4.69, 9.17) is 34.8 Å². The fourth-order valence-electron chi connectivity index (χ4n) is 4.48. The van der Waals surface area contributed by atoms with Crippen molar-refractivity contribution in [3.05, 3.63) is 92.4 Å². The highest BCUT2D eigenvalue weighted by molar-refractivity contribution is 7.92. The van der Waals surface area contributed by atoms with Crippen molar-refractivity contribution in [2.45, 2.75) is 64.4 Å². The third-order valence-corrected chi connectivity index (χ3v) is 9.87. The predicted molar refractivity (Wildman–Crippen MR) is 171 cm³/mol. The van der Waals surface area contributed by atoms with E-state index in [-0.39, 0.29) is 23.0 Å². The zero-order valence-electron chi connectivity index (χ0n) is 24.2. The highest BCUT2D eigenvalue weighted by Crippen LogP contribution is 2.32. The Morgan fingerprint density at radius 3 is 2.21 bits per heavy atom. The molecule has 226 valence electrons. The minimum atomic E-state index is -4.21. The molecule has 3 aromatic rings. The smallest absolute Gasteiger partial charge is 0.264 e. The number of aryl methyl sites for hydroxylation is 1. The van der Waals surface area contributed by atoms with Crippen LogP contribution in [-0.4, -0.2) is 44.3 Å². The Kier molecular flexibility index (Phi) is 12.1. The summed E-state index contributed by atoms with van der Waals surface area (Å²) in [6, 6.07) is 15.4. The lowest BCUT2D eigenvalue weighted by Crippen LogP contribution is -2.52. The first kappa shape index (κ1) is 33.7. The van der Waals surface area contributed by atoms with Crippen molar-refractivity contribution in [1.29, 1.82) is 0 Å². The molecule has 11 heteroatoms. The van der Waals surface area contributed by atoms with Crippen molar-refractivity contribution >= 4 is 62.3 Å². The molecule has 3 rings (SSSR count). The van der Waals surface area contributed by atoms with Crippen molar-refractivity contribution in [3.8, 4) is 0 Å². The summed E-state index contributed by atoms with van der Waals surface area (Å²) in [5.41, 5.74) is 2.31. The number of carbonyl (C=O) groups excluding carboxylic acids is 2. The molecular weight excluding hydrogens is 617 g/mol. The largest absolute Gasteiger partial charge is 0.354 e. The first-order valence-corrected chi connectivity index (χ1v) is 16.3. The topological polar surface area (TPSA) is 86.8 Å². The minimum Gasteiger partial charge on any atom is -0.354 e. The molecule has 0 aliphatic heterocycles. The van der Waals surface area contributed by atoms with E-state index in [1.165, 1.54) is 17.0 Å². The quantitative estimate of drug-likeness (QED) is 0.198. The molecule has 0 spiro atoms. The monoisotopic (exact) mass is 651 g/mol. The second-order valence-corrected chi connectivity index (χ2v) is 13.1. The van der Waals surface area contributed by atoms with Gasteiger partial charge >= 0.3 is 0 Å². The van der Waals surface area contributed by atoms with Gasteiger partial charge in [0, 0.05) is 18.1 Å². The van der Waals surface area contributed by atoms with Gasteiger partial charge in [-0.2, -0.15) is 0 Å². The Morgan fingerprint density at radius 1 is 0.905 bits per heavy atom. The highest BCUT2D eigenvalue weighted by Gasteiger charge is 2.34. The summed E-state index contributed by atoms with van der Waals surface area (Å²) in [6.45, 7) is 7.31. The molecule has 0 saturated heterocycles. The van der Waals surface area contributed by atoms with Crippen LogP contribution in [-0.2, 0) is 26.2 Å². The number of carbonyl (C=O) groups is 2. The first-order valence-electron chi connectivity index (χ1n) is 13.8. The van der Waals surface area contributed by atoms with Crippen molar-refractivity contribution in [2.24, 2.45) is 0 Å². The highest BCUT2D eigenvalue weighted by atomic mass is 35.5. The standard InChI is InChI=1S/C31H36Cl3N3O4S/c1-5-7-17-35-31(39)28(6-2)36(19-23-13-16-26(33)27(34)18-23)30(38)20-37(29-10-8-9-25(32)22(29)4)42(40,41)24-14-11-21(3)12-15-24/h8-16,18,28H,5-7,17,19-20H2,1-4H3,(H,35,39)/t28-/m1/s1. The van der Waals surface area contributed by atoms with Gasteiger partial charge in [-0.3, -0.25) is 13.9 Å². The number of anilines is 1. The third-order valence-electron chi connectivity index (χ3n) is 6.95. The van der Waals surface area contributed by atoms with Gasteiger partial charge < -0.3 is 10.2 Å². The van der Waals surface area contributed by atoms with Crippen molar-refractivity contribution < 1.29 is 18.0 Å². The molecule has 1 atom stereocenters. The number of hydrogen-bond donors (Lipinski definition) is 1. The second-order valence-electron chi connectivity index (χ2n) is 10.0. The molecule has 2 amide bonds. The normalized spacial score (nSPS) is 12.1. The van der Waals surface area contributed by atoms with Crippen LogP contribution in [0.1, 0.15) is 49.8 Å². The van der Waals surface area contributed by atoms with Gasteiger partial charge in [-0.1, -0.05) is 84.9 Å². The summed E-state index contributed by atoms with van der Waals surface area (Å²) in [4.78, 5) is 28.9. The van der Waals surface area contributed by atoms with Crippen LogP contribution in [0.4, 0.5) is 5.69 Å². The Balaban J connectivity index is 2.09. The Bertz CT molecular complexity index is 1510. The van der Waals surface area contributed by atoms with Crippen LogP contribution in [0.5, 0.6) is 0 Å². The molecule has 3 aromatic carbocycles. The zero-order chi connectivity index (χ0) is 31.0. The molecule has 0 unspecified atom stereocenters. The van der Waals surface area contributed by atoms with Crippen LogP contribution in [0, 0.1) is 13.8 Å². The lowest BCUT2D eigenvalue weighted by molar-refractivity contribution is -0.140. The molecule has 0 radical (unpaired) electrons. The fraction of sp³-hybridized carbons (Fsp3) is 0.355. The number of halogens is 3. The lowest BCUT2D eigenvalue weighted by Gasteiger charge is -2.33. The summed E-state index contributed by atoms with van der Waals surface area (Å²) in [5.74, 6) is -0.875. The molecule has 0 aromatic heterocycles. The Labute approximate surface area is 263 Å². The molecule has 7 nitrogen and oxygen atoms in total. The van der Waals surface area contributed by atoms with Crippen LogP contribution >= 0.6 is 34.8 Å². The predicted octanol–water partition coefficient (Wildman–Crippen LogP) is 7.18. The summed E-state index contributed by atoms with van der Waals surface area (Å²) in [6.07, 6.45) is 2.00. The molecule has 0 aliphatic rings. The maximum atomic E-state index is 14.2. The van der Waals surface area contributed by atoms with Crippen molar-refractivity contribution in [2.75, 3.05) is 17.4 Å². The maximum absolute atomic E-state index is 14.2. The summed E-state index contributed by atoms with van der Waals surface area (Å²) in [7, 11) is -4.21. The van der Waals surface area contributed by atoms with E-state index in [1.807, 2.05) is 13.8 Å². The van der Waals surface area contributed by atoms with E-state index in [0.717, 1.165) is 22.7 Å². The van der Waals surface area contributed by atoms with Gasteiger partial charge in [-0.15, -0.1) is 0 Å². The molecule has 0 fully saturated rings. The van der Waals surface area contributed by atoms with E-state index in [1.54, 1.807) is 62.4 Å². The molecule has 0 saturated carbocycles. The number of sulfonamides is 1.